The van der Waals surface area contributed by atoms with Crippen LogP contribution in [-0.2, 0) is 0 Å². The second kappa shape index (κ2) is 12.9. The molecule has 0 saturated carbocycles. The molecule has 1 aliphatic rings. The van der Waals surface area contributed by atoms with Gasteiger partial charge in [-0.3, -0.25) is 0 Å². The normalized spacial score (nSPS) is 15.6. The predicted molar refractivity (Wildman–Crippen MR) is 38.3 cm³/mol. The molecule has 0 unspecified atom stereocenters. The molecule has 0 aromatic heterocycles. The van der Waals surface area contributed by atoms with Crippen LogP contribution in [0.3, 0.4) is 0 Å². The number of nitrogens with zero attached hydrogens (tertiary/aromatic N) is 2. The van der Waals surface area contributed by atoms with Gasteiger partial charge < -0.3 is 10.5 Å². The van der Waals surface area contributed by atoms with Crippen molar-refractivity contribution in [2.75, 3.05) is 13.1 Å². The number of hydrogen-bond acceptors (Lipinski definition) is 2. The summed E-state index contributed by atoms with van der Waals surface area (Å²) in [6.45, 7) is 4.92. The van der Waals surface area contributed by atoms with Crippen LogP contribution in [0.2, 0.25) is 0 Å². The van der Waals surface area contributed by atoms with Crippen LogP contribution >= 0.6 is 0 Å². The number of oxime groups is 1. The van der Waals surface area contributed by atoms with Crippen LogP contribution in [0.25, 0.3) is 5.32 Å². The maximum atomic E-state index is 7.08. The first-order chi connectivity index (χ1) is 4.41. The Labute approximate surface area is 111 Å². The smallest absolute Gasteiger partial charge is 0.662 e. The molecule has 0 aromatic rings. The van der Waals surface area contributed by atoms with E-state index in [0.29, 0.717) is 0 Å². The molecule has 1 fully saturated rings. The fourth-order valence-corrected chi connectivity index (χ4v) is 0.736. The Morgan fingerprint density at radius 3 is 1.70 bits per heavy atom. The van der Waals surface area contributed by atoms with Gasteiger partial charge in [-0.15, -0.1) is 18.2 Å². The van der Waals surface area contributed by atoms with Crippen LogP contribution in [0, 0.1) is 0 Å². The van der Waals surface area contributed by atoms with Crippen LogP contribution < -0.4 is 58.2 Å². The zero-order valence-electron chi connectivity index (χ0n) is 6.58. The quantitative estimate of drug-likeness (QED) is 0.302. The van der Waals surface area contributed by atoms with Gasteiger partial charge in [0.2, 0.25) is 0 Å². The molecule has 1 N–H and O–H groups in total. The minimum atomic E-state index is 0. The number of rotatable bonds is 0. The van der Waals surface area contributed by atoms with Gasteiger partial charge in [0, 0.05) is 6.72 Å². The maximum absolute atomic E-state index is 7.08. The fourth-order valence-electron chi connectivity index (χ4n) is 0.736. The molecule has 3 nitrogen and oxygen atoms in total. The third kappa shape index (κ3) is 12.0. The van der Waals surface area contributed by atoms with E-state index in [0.717, 1.165) is 13.1 Å². The van der Waals surface area contributed by atoms with Crippen molar-refractivity contribution in [3.63, 3.8) is 0 Å². The van der Waals surface area contributed by atoms with Crippen LogP contribution in [-0.4, -0.2) is 25.0 Å². The third-order valence-corrected chi connectivity index (χ3v) is 1.13. The first kappa shape index (κ1) is 13.8. The molecule has 54 valence electrons. The standard InChI is InChI=1S/C5H10N.CH3NO.Rb/c1-2-4-6-5-3-1;1-2-3;/h1-5H2;3H,1H2;/q-1;;+1. The Balaban J connectivity index is 0. The molecule has 10 heavy (non-hydrogen) atoms. The van der Waals surface area contributed by atoms with E-state index in [1.807, 2.05) is 0 Å². The van der Waals surface area contributed by atoms with Crippen LogP contribution in [0.1, 0.15) is 19.3 Å². The van der Waals surface area contributed by atoms with E-state index in [4.69, 9.17) is 5.21 Å². The van der Waals surface area contributed by atoms with Gasteiger partial charge in [-0.25, -0.2) is 0 Å². The van der Waals surface area contributed by atoms with Crippen LogP contribution in [0.5, 0.6) is 0 Å². The summed E-state index contributed by atoms with van der Waals surface area (Å²) < 4.78 is 0. The van der Waals surface area contributed by atoms with Crippen molar-refractivity contribution in [1.82, 2.24) is 0 Å². The molecule has 0 spiro atoms. The topological polar surface area (TPSA) is 46.7 Å². The van der Waals surface area contributed by atoms with E-state index in [1.165, 1.54) is 19.3 Å². The molecule has 4 heteroatoms. The molecule has 0 amide bonds. The zero-order chi connectivity index (χ0) is 6.95. The maximum Gasteiger partial charge on any atom is 1.00 e. The molecular formula is C6H13N2ORb. The van der Waals surface area contributed by atoms with Gasteiger partial charge >= 0.3 is 58.2 Å². The van der Waals surface area contributed by atoms with E-state index >= 15 is 0 Å². The minimum Gasteiger partial charge on any atom is -0.662 e. The van der Waals surface area contributed by atoms with Gasteiger partial charge in [0.25, 0.3) is 0 Å². The summed E-state index contributed by atoms with van der Waals surface area (Å²) in [5.74, 6) is 0. The van der Waals surface area contributed by atoms with Gasteiger partial charge in [-0.05, 0) is 0 Å². The van der Waals surface area contributed by atoms with Crippen LogP contribution in [0.15, 0.2) is 5.16 Å². The van der Waals surface area contributed by atoms with Crippen molar-refractivity contribution in [2.45, 2.75) is 19.3 Å². The molecule has 1 aliphatic heterocycles. The molecule has 0 atom stereocenters. The minimum absolute atomic E-state index is 0. The van der Waals surface area contributed by atoms with Gasteiger partial charge in [-0.2, -0.15) is 0 Å². The SMILES string of the molecule is C1CC[N-]CC1.C=NO.[Rb+]. The Kier molecular flexibility index (Phi) is 17.8. The summed E-state index contributed by atoms with van der Waals surface area (Å²) >= 11 is 0. The Hall–Kier alpha value is 1.24. The van der Waals surface area contributed by atoms with Crippen molar-refractivity contribution in [3.05, 3.63) is 5.32 Å². The monoisotopic (exact) mass is 214 g/mol. The average Bonchev–Trinajstić information content (AvgIpc) is 1.93. The summed E-state index contributed by atoms with van der Waals surface area (Å²) in [5.41, 5.74) is 0. The van der Waals surface area contributed by atoms with Gasteiger partial charge in [0.15, 0.2) is 0 Å². The largest absolute Gasteiger partial charge is 1.00 e. The van der Waals surface area contributed by atoms with E-state index in [9.17, 15) is 0 Å². The number of piperidine rings is 1. The average molecular weight is 215 g/mol. The Morgan fingerprint density at radius 2 is 1.60 bits per heavy atom. The molecule has 1 saturated heterocycles. The summed E-state index contributed by atoms with van der Waals surface area (Å²) in [4.78, 5) is 0. The van der Waals surface area contributed by atoms with Crippen molar-refractivity contribution in [2.24, 2.45) is 5.16 Å². The first-order valence-electron chi connectivity index (χ1n) is 3.15. The van der Waals surface area contributed by atoms with Gasteiger partial charge in [0.1, 0.15) is 0 Å². The molecular weight excluding hydrogens is 202 g/mol. The molecule has 1 rings (SSSR count). The third-order valence-electron chi connectivity index (χ3n) is 1.13. The van der Waals surface area contributed by atoms with E-state index in [2.05, 4.69) is 17.2 Å². The molecule has 0 aliphatic carbocycles. The summed E-state index contributed by atoms with van der Waals surface area (Å²) in [7, 11) is 0. The van der Waals surface area contributed by atoms with Crippen molar-refractivity contribution in [3.8, 4) is 0 Å². The summed E-state index contributed by atoms with van der Waals surface area (Å²) in [6.07, 6.45) is 4.07. The molecule has 0 radical (unpaired) electrons. The predicted octanol–water partition coefficient (Wildman–Crippen LogP) is -1.38. The Bertz CT molecular complexity index is 55.3. The van der Waals surface area contributed by atoms with Gasteiger partial charge in [-0.1, -0.05) is 19.3 Å². The zero-order valence-corrected chi connectivity index (χ0v) is 11.5. The summed E-state index contributed by atoms with van der Waals surface area (Å²) in [5, 5.41) is 13.5. The molecule has 0 aromatic carbocycles. The molecule has 1 heterocycles. The van der Waals surface area contributed by atoms with E-state index in [1.54, 1.807) is 0 Å². The number of hydrogen-bond donors (Lipinski definition) is 1. The van der Waals surface area contributed by atoms with E-state index in [-0.39, 0.29) is 58.2 Å². The fraction of sp³-hybridized carbons (Fsp3) is 0.833. The molecule has 0 bridgehead atoms. The van der Waals surface area contributed by atoms with Crippen molar-refractivity contribution >= 4 is 6.72 Å². The van der Waals surface area contributed by atoms with Gasteiger partial charge in [0.05, 0.1) is 0 Å². The van der Waals surface area contributed by atoms with Crippen LogP contribution in [0.4, 0.5) is 0 Å². The van der Waals surface area contributed by atoms with Crippen molar-refractivity contribution < 1.29 is 63.4 Å². The van der Waals surface area contributed by atoms with Crippen molar-refractivity contribution in [1.29, 1.82) is 0 Å². The summed E-state index contributed by atoms with van der Waals surface area (Å²) in [6, 6.07) is 0. The first-order valence-corrected chi connectivity index (χ1v) is 3.15. The Morgan fingerprint density at radius 1 is 1.20 bits per heavy atom. The van der Waals surface area contributed by atoms with E-state index < -0.39 is 0 Å². The second-order valence-corrected chi connectivity index (χ2v) is 1.87. The second-order valence-electron chi connectivity index (χ2n) is 1.87.